The van der Waals surface area contributed by atoms with E-state index in [0.717, 1.165) is 82.7 Å². The summed E-state index contributed by atoms with van der Waals surface area (Å²) in [6.07, 6.45) is 5.55. The molecule has 39 heavy (non-hydrogen) atoms. The molecule has 0 aromatic heterocycles. The topological polar surface area (TPSA) is 79.8 Å². The summed E-state index contributed by atoms with van der Waals surface area (Å²) < 4.78 is 0. The lowest BCUT2D eigenvalue weighted by Gasteiger charge is -2.46. The van der Waals surface area contributed by atoms with Gasteiger partial charge in [-0.1, -0.05) is 11.6 Å². The van der Waals surface area contributed by atoms with E-state index < -0.39 is 0 Å². The molecule has 0 aliphatic carbocycles. The fourth-order valence-electron chi connectivity index (χ4n) is 7.32. The third kappa shape index (κ3) is 5.23. The Balaban J connectivity index is 1.02. The second-order valence-corrected chi connectivity index (χ2v) is 12.6. The van der Waals surface area contributed by atoms with Crippen molar-refractivity contribution >= 4 is 28.9 Å². The second-order valence-electron chi connectivity index (χ2n) is 12.2. The van der Waals surface area contributed by atoms with Crippen molar-refractivity contribution in [2.45, 2.75) is 57.2 Å². The number of nitriles is 1. The van der Waals surface area contributed by atoms with Crippen LogP contribution in [-0.2, 0) is 0 Å². The van der Waals surface area contributed by atoms with E-state index in [-0.39, 0.29) is 5.91 Å². The van der Waals surface area contributed by atoms with Crippen molar-refractivity contribution in [2.75, 3.05) is 55.6 Å². The Morgan fingerprint density at radius 2 is 1.69 bits per heavy atom. The maximum Gasteiger partial charge on any atom is 0.253 e. The first-order valence-corrected chi connectivity index (χ1v) is 14.8. The largest absolute Gasteiger partial charge is 0.371 e. The van der Waals surface area contributed by atoms with Crippen LogP contribution in [0.3, 0.4) is 0 Å². The molecule has 0 saturated carbocycles. The Bertz CT molecular complexity index is 1240. The van der Waals surface area contributed by atoms with Crippen molar-refractivity contribution < 1.29 is 4.79 Å². The highest BCUT2D eigenvalue weighted by Crippen LogP contribution is 2.46. The molecular weight excluding hydrogens is 508 g/mol. The number of hydrogen-bond donors (Lipinski definition) is 1. The summed E-state index contributed by atoms with van der Waals surface area (Å²) in [6, 6.07) is 17.6. The average molecular weight is 547 g/mol. The molecule has 0 bridgehead atoms. The third-order valence-electron chi connectivity index (χ3n) is 9.68. The van der Waals surface area contributed by atoms with Gasteiger partial charge in [0.1, 0.15) is 6.07 Å². The Labute approximate surface area is 237 Å². The SMILES string of the molecule is C[C@H]1CC2(CCN(c3ccc(C(=O)N4CCC(N5CC(N)C5)CC4)cc3)CC2)CN1c1ccc(C#N)c(Cl)c1. The summed E-state index contributed by atoms with van der Waals surface area (Å²) in [5, 5.41) is 9.74. The minimum atomic E-state index is 0.154. The van der Waals surface area contributed by atoms with E-state index in [1.165, 1.54) is 12.1 Å². The van der Waals surface area contributed by atoms with Gasteiger partial charge >= 0.3 is 0 Å². The number of likely N-dealkylation sites (tertiary alicyclic amines) is 2. The first-order valence-electron chi connectivity index (χ1n) is 14.4. The van der Waals surface area contributed by atoms with E-state index in [4.69, 9.17) is 17.3 Å². The first kappa shape index (κ1) is 26.4. The monoisotopic (exact) mass is 546 g/mol. The number of anilines is 2. The molecule has 4 fully saturated rings. The smallest absolute Gasteiger partial charge is 0.253 e. The summed E-state index contributed by atoms with van der Waals surface area (Å²) in [5.41, 5.74) is 9.88. The Kier molecular flexibility index (Phi) is 7.22. The lowest BCUT2D eigenvalue weighted by Crippen LogP contribution is -2.61. The van der Waals surface area contributed by atoms with Gasteiger partial charge in [0.05, 0.1) is 10.6 Å². The standard InChI is InChI=1S/C31H39ClN6O/c1-22-17-31(21-38(22)28-7-4-24(18-33)29(32)16-28)10-14-35(15-11-31)26-5-2-23(3-6-26)30(39)36-12-8-27(9-13-36)37-19-25(34)20-37/h2-7,16,22,25,27H,8-15,17,19-21,34H2,1H3/t22-/m0/s1. The molecule has 2 aromatic carbocycles. The van der Waals surface area contributed by atoms with Gasteiger partial charge in [-0.25, -0.2) is 0 Å². The molecule has 4 saturated heterocycles. The highest BCUT2D eigenvalue weighted by molar-refractivity contribution is 6.32. The highest BCUT2D eigenvalue weighted by atomic mass is 35.5. The summed E-state index contributed by atoms with van der Waals surface area (Å²) in [6.45, 7) is 9.03. The molecule has 206 valence electrons. The summed E-state index contributed by atoms with van der Waals surface area (Å²) in [5.74, 6) is 0.154. The van der Waals surface area contributed by atoms with Crippen molar-refractivity contribution in [1.82, 2.24) is 9.80 Å². The maximum atomic E-state index is 13.2. The minimum Gasteiger partial charge on any atom is -0.371 e. The van der Waals surface area contributed by atoms with Crippen LogP contribution in [0.25, 0.3) is 0 Å². The van der Waals surface area contributed by atoms with Gasteiger partial charge in [0.2, 0.25) is 0 Å². The van der Waals surface area contributed by atoms with Gasteiger partial charge in [-0.2, -0.15) is 5.26 Å². The van der Waals surface area contributed by atoms with Gasteiger partial charge < -0.3 is 20.4 Å². The van der Waals surface area contributed by atoms with Crippen LogP contribution < -0.4 is 15.5 Å². The maximum absolute atomic E-state index is 13.2. The van der Waals surface area contributed by atoms with Crippen molar-refractivity contribution in [1.29, 1.82) is 5.26 Å². The molecule has 1 spiro atoms. The number of benzene rings is 2. The zero-order valence-electron chi connectivity index (χ0n) is 22.9. The van der Waals surface area contributed by atoms with Crippen LogP contribution in [-0.4, -0.2) is 79.6 Å². The Hall–Kier alpha value is -2.79. The molecule has 4 aliphatic rings. The van der Waals surface area contributed by atoms with Gasteiger partial charge in [-0.15, -0.1) is 0 Å². The van der Waals surface area contributed by atoms with Crippen LogP contribution in [0.5, 0.6) is 0 Å². The molecule has 0 unspecified atom stereocenters. The van der Waals surface area contributed by atoms with Crippen molar-refractivity contribution in [3.8, 4) is 6.07 Å². The molecule has 6 rings (SSSR count). The van der Waals surface area contributed by atoms with Crippen LogP contribution in [0.1, 0.15) is 54.9 Å². The number of halogens is 1. The molecule has 4 heterocycles. The number of nitrogens with two attached hydrogens (primary N) is 1. The van der Waals surface area contributed by atoms with E-state index in [2.05, 4.69) is 39.8 Å². The van der Waals surface area contributed by atoms with Crippen LogP contribution in [0.15, 0.2) is 42.5 Å². The number of amides is 1. The normalized spacial score (nSPS) is 24.2. The lowest BCUT2D eigenvalue weighted by atomic mass is 9.76. The molecule has 8 heteroatoms. The fraction of sp³-hybridized carbons (Fsp3) is 0.548. The van der Waals surface area contributed by atoms with Crippen molar-refractivity contribution in [3.63, 3.8) is 0 Å². The van der Waals surface area contributed by atoms with Crippen LogP contribution in [0.4, 0.5) is 11.4 Å². The summed E-state index contributed by atoms with van der Waals surface area (Å²) in [4.78, 5) is 22.6. The predicted octanol–water partition coefficient (Wildman–Crippen LogP) is 4.34. The van der Waals surface area contributed by atoms with Gasteiger partial charge in [-0.05, 0) is 86.9 Å². The lowest BCUT2D eigenvalue weighted by molar-refractivity contribution is 0.0410. The third-order valence-corrected chi connectivity index (χ3v) is 9.99. The first-order chi connectivity index (χ1) is 18.8. The Morgan fingerprint density at radius 3 is 2.31 bits per heavy atom. The van der Waals surface area contributed by atoms with Gasteiger partial charge in [0, 0.05) is 80.9 Å². The number of nitrogens with zero attached hydrogens (tertiary/aromatic N) is 5. The quantitative estimate of drug-likeness (QED) is 0.614. The van der Waals surface area contributed by atoms with Crippen molar-refractivity contribution in [3.05, 3.63) is 58.6 Å². The van der Waals surface area contributed by atoms with E-state index in [9.17, 15) is 10.1 Å². The minimum absolute atomic E-state index is 0.154. The number of carbonyl (C=O) groups excluding carboxylic acids is 1. The van der Waals surface area contributed by atoms with Gasteiger partial charge in [-0.3, -0.25) is 9.69 Å². The van der Waals surface area contributed by atoms with E-state index in [0.29, 0.717) is 34.1 Å². The molecule has 7 nitrogen and oxygen atoms in total. The van der Waals surface area contributed by atoms with Gasteiger partial charge in [0.25, 0.3) is 5.91 Å². The number of hydrogen-bond acceptors (Lipinski definition) is 6. The number of carbonyl (C=O) groups is 1. The predicted molar refractivity (Wildman–Crippen MR) is 156 cm³/mol. The van der Waals surface area contributed by atoms with E-state index in [1.54, 1.807) is 0 Å². The fourth-order valence-corrected chi connectivity index (χ4v) is 7.53. The highest BCUT2D eigenvalue weighted by Gasteiger charge is 2.44. The average Bonchev–Trinajstić information content (AvgIpc) is 3.26. The number of piperidine rings is 2. The molecule has 1 atom stereocenters. The molecule has 0 radical (unpaired) electrons. The number of rotatable bonds is 4. The molecule has 4 aliphatic heterocycles. The molecule has 2 aromatic rings. The zero-order valence-corrected chi connectivity index (χ0v) is 23.6. The van der Waals surface area contributed by atoms with Crippen molar-refractivity contribution in [2.24, 2.45) is 11.1 Å². The molecular formula is C31H39ClN6O. The van der Waals surface area contributed by atoms with E-state index >= 15 is 0 Å². The van der Waals surface area contributed by atoms with Crippen LogP contribution in [0.2, 0.25) is 5.02 Å². The second kappa shape index (κ2) is 10.6. The Morgan fingerprint density at radius 1 is 1.03 bits per heavy atom. The van der Waals surface area contributed by atoms with E-state index in [1.807, 2.05) is 35.2 Å². The zero-order chi connectivity index (χ0) is 27.1. The van der Waals surface area contributed by atoms with Crippen LogP contribution in [0, 0.1) is 16.7 Å². The summed E-state index contributed by atoms with van der Waals surface area (Å²) in [7, 11) is 0. The molecule has 1 amide bonds. The summed E-state index contributed by atoms with van der Waals surface area (Å²) >= 11 is 6.34. The molecule has 2 N–H and O–H groups in total. The van der Waals surface area contributed by atoms with Crippen LogP contribution >= 0.6 is 11.6 Å². The van der Waals surface area contributed by atoms with Gasteiger partial charge in [0.15, 0.2) is 0 Å².